The predicted octanol–water partition coefficient (Wildman–Crippen LogP) is 1.29. The maximum absolute atomic E-state index is 13.0. The number of carbonyl (C=O) groups excluding carboxylic acids is 3. The van der Waals surface area contributed by atoms with Crippen molar-refractivity contribution in [3.8, 4) is 0 Å². The van der Waals surface area contributed by atoms with Crippen LogP contribution in [-0.4, -0.2) is 67.6 Å². The summed E-state index contributed by atoms with van der Waals surface area (Å²) in [7, 11) is 0. The zero-order valence-corrected chi connectivity index (χ0v) is 16.3. The van der Waals surface area contributed by atoms with Crippen LogP contribution in [0.5, 0.6) is 0 Å². The molecule has 0 aromatic rings. The molecule has 27 heavy (non-hydrogen) atoms. The lowest BCUT2D eigenvalue weighted by molar-refractivity contribution is -0.140. The first-order chi connectivity index (χ1) is 13.0. The quantitative estimate of drug-likeness (QED) is 0.751. The fourth-order valence-corrected chi connectivity index (χ4v) is 4.39. The maximum atomic E-state index is 13.0. The molecule has 1 N–H and O–H groups in total. The number of nitrogens with zero attached hydrogens (tertiary/aromatic N) is 1. The van der Waals surface area contributed by atoms with E-state index in [0.29, 0.717) is 32.2 Å². The summed E-state index contributed by atoms with van der Waals surface area (Å²) < 4.78 is 10.6. The number of hydrogen-bond acceptors (Lipinski definition) is 5. The molecule has 1 saturated carbocycles. The van der Waals surface area contributed by atoms with Crippen molar-refractivity contribution in [1.29, 1.82) is 0 Å². The van der Waals surface area contributed by atoms with Gasteiger partial charge in [-0.3, -0.25) is 14.4 Å². The van der Waals surface area contributed by atoms with Gasteiger partial charge in [0.05, 0.1) is 19.3 Å². The highest BCUT2D eigenvalue weighted by atomic mass is 16.5. The summed E-state index contributed by atoms with van der Waals surface area (Å²) in [5, 5.41) is 2.87. The first-order valence-electron chi connectivity index (χ1n) is 10.3. The first-order valence-corrected chi connectivity index (χ1v) is 10.3. The number of hydrogen-bond donors (Lipinski definition) is 1. The Morgan fingerprint density at radius 1 is 1.19 bits per heavy atom. The minimum absolute atomic E-state index is 0.0105. The van der Waals surface area contributed by atoms with E-state index in [4.69, 9.17) is 9.47 Å². The molecule has 0 radical (unpaired) electrons. The summed E-state index contributed by atoms with van der Waals surface area (Å²) >= 11 is 0. The van der Waals surface area contributed by atoms with Crippen LogP contribution in [0, 0.1) is 11.8 Å². The standard InChI is InChI=1S/C20H32N2O5/c1-14-19(17(23)13-27-14)21-20(25)16(11-15-5-3-2-4-6-15)12-18(24)22-7-9-26-10-8-22/h14-16,19H,2-13H2,1H3,(H,21,25)/t14-,16-,19-/m1/s1. The van der Waals surface area contributed by atoms with Crippen LogP contribution in [0.4, 0.5) is 0 Å². The molecule has 0 spiro atoms. The number of carbonyl (C=O) groups is 3. The van der Waals surface area contributed by atoms with E-state index in [1.807, 2.05) is 0 Å². The van der Waals surface area contributed by atoms with Crippen LogP contribution in [0.15, 0.2) is 0 Å². The van der Waals surface area contributed by atoms with E-state index in [1.165, 1.54) is 19.3 Å². The summed E-state index contributed by atoms with van der Waals surface area (Å²) in [5.41, 5.74) is 0. The first kappa shape index (κ1) is 20.3. The number of rotatable bonds is 6. The third-order valence-corrected chi connectivity index (χ3v) is 6.10. The second-order valence-corrected chi connectivity index (χ2v) is 8.10. The zero-order valence-electron chi connectivity index (χ0n) is 16.3. The van der Waals surface area contributed by atoms with Gasteiger partial charge < -0.3 is 19.7 Å². The smallest absolute Gasteiger partial charge is 0.224 e. The largest absolute Gasteiger partial charge is 0.378 e. The summed E-state index contributed by atoms with van der Waals surface area (Å²) in [4.78, 5) is 39.4. The molecule has 7 heteroatoms. The molecule has 2 heterocycles. The van der Waals surface area contributed by atoms with Crippen molar-refractivity contribution < 1.29 is 23.9 Å². The number of nitrogens with one attached hydrogen (secondary N) is 1. The lowest BCUT2D eigenvalue weighted by atomic mass is 9.81. The second-order valence-electron chi connectivity index (χ2n) is 8.10. The zero-order chi connectivity index (χ0) is 19.2. The molecule has 3 fully saturated rings. The average Bonchev–Trinajstić information content (AvgIpc) is 3.01. The Hall–Kier alpha value is -1.47. The number of ketones is 1. The van der Waals surface area contributed by atoms with Gasteiger partial charge in [-0.25, -0.2) is 0 Å². The molecular formula is C20H32N2O5. The molecule has 1 aliphatic carbocycles. The molecule has 2 saturated heterocycles. The molecule has 3 atom stereocenters. The average molecular weight is 380 g/mol. The molecule has 7 nitrogen and oxygen atoms in total. The van der Waals surface area contributed by atoms with Gasteiger partial charge in [0.25, 0.3) is 0 Å². The minimum Gasteiger partial charge on any atom is -0.378 e. The maximum Gasteiger partial charge on any atom is 0.224 e. The lowest BCUT2D eigenvalue weighted by Crippen LogP contribution is -2.48. The van der Waals surface area contributed by atoms with Crippen molar-refractivity contribution in [2.45, 2.75) is 64.0 Å². The fraction of sp³-hybridized carbons (Fsp3) is 0.850. The van der Waals surface area contributed by atoms with E-state index in [2.05, 4.69) is 5.32 Å². The van der Waals surface area contributed by atoms with Gasteiger partial charge in [-0.15, -0.1) is 0 Å². The summed E-state index contributed by atoms with van der Waals surface area (Å²) in [5.74, 6) is -0.162. The van der Waals surface area contributed by atoms with E-state index in [1.54, 1.807) is 11.8 Å². The van der Waals surface area contributed by atoms with Gasteiger partial charge in [-0.2, -0.15) is 0 Å². The Morgan fingerprint density at radius 2 is 1.89 bits per heavy atom. The topological polar surface area (TPSA) is 84.9 Å². The Bertz CT molecular complexity index is 540. The van der Waals surface area contributed by atoms with Crippen LogP contribution in [-0.2, 0) is 23.9 Å². The van der Waals surface area contributed by atoms with Crippen molar-refractivity contribution in [2.24, 2.45) is 11.8 Å². The molecule has 2 amide bonds. The summed E-state index contributed by atoms with van der Waals surface area (Å²) in [6.07, 6.45) is 6.51. The van der Waals surface area contributed by atoms with Gasteiger partial charge in [0.1, 0.15) is 12.6 Å². The van der Waals surface area contributed by atoms with Crippen LogP contribution < -0.4 is 5.32 Å². The van der Waals surface area contributed by atoms with Gasteiger partial charge in [0.15, 0.2) is 5.78 Å². The van der Waals surface area contributed by atoms with Crippen molar-refractivity contribution in [1.82, 2.24) is 10.2 Å². The van der Waals surface area contributed by atoms with Gasteiger partial charge >= 0.3 is 0 Å². The summed E-state index contributed by atoms with van der Waals surface area (Å²) in [6, 6.07) is -0.593. The van der Waals surface area contributed by atoms with Crippen molar-refractivity contribution in [3.05, 3.63) is 0 Å². The monoisotopic (exact) mass is 380 g/mol. The Balaban J connectivity index is 1.63. The van der Waals surface area contributed by atoms with Crippen LogP contribution in [0.25, 0.3) is 0 Å². The SMILES string of the molecule is C[C@H]1OCC(=O)[C@@H]1NC(=O)[C@@H](CC(=O)N1CCOCC1)CC1CCCCC1. The molecule has 152 valence electrons. The van der Waals surface area contributed by atoms with E-state index in [0.717, 1.165) is 19.3 Å². The van der Waals surface area contributed by atoms with E-state index < -0.39 is 6.04 Å². The highest BCUT2D eigenvalue weighted by molar-refractivity contribution is 5.93. The van der Waals surface area contributed by atoms with E-state index >= 15 is 0 Å². The Labute approximate surface area is 161 Å². The van der Waals surface area contributed by atoms with Crippen LogP contribution in [0.1, 0.15) is 51.9 Å². The summed E-state index contributed by atoms with van der Waals surface area (Å²) in [6.45, 7) is 4.12. The highest BCUT2D eigenvalue weighted by Crippen LogP contribution is 2.31. The second kappa shape index (κ2) is 9.64. The lowest BCUT2D eigenvalue weighted by Gasteiger charge is -2.30. The van der Waals surface area contributed by atoms with Gasteiger partial charge in [0.2, 0.25) is 11.8 Å². The Kier molecular flexibility index (Phi) is 7.24. The molecule has 3 aliphatic rings. The van der Waals surface area contributed by atoms with Crippen LogP contribution in [0.2, 0.25) is 0 Å². The molecule has 0 unspecified atom stereocenters. The number of amides is 2. The number of ether oxygens (including phenoxy) is 2. The molecular weight excluding hydrogens is 348 g/mol. The van der Waals surface area contributed by atoms with E-state index in [9.17, 15) is 14.4 Å². The highest BCUT2D eigenvalue weighted by Gasteiger charge is 2.36. The number of Topliss-reactive ketones (excluding diaryl/α,β-unsaturated/α-hetero) is 1. The van der Waals surface area contributed by atoms with Crippen molar-refractivity contribution in [2.75, 3.05) is 32.9 Å². The molecule has 0 bridgehead atoms. The molecule has 2 aliphatic heterocycles. The third-order valence-electron chi connectivity index (χ3n) is 6.10. The van der Waals surface area contributed by atoms with Crippen LogP contribution >= 0.6 is 0 Å². The molecule has 3 rings (SSSR count). The van der Waals surface area contributed by atoms with Crippen molar-refractivity contribution >= 4 is 17.6 Å². The van der Waals surface area contributed by atoms with Gasteiger partial charge in [-0.1, -0.05) is 32.1 Å². The number of morpholine rings is 1. The minimum atomic E-state index is -0.593. The molecule has 0 aromatic carbocycles. The van der Waals surface area contributed by atoms with Crippen molar-refractivity contribution in [3.63, 3.8) is 0 Å². The van der Waals surface area contributed by atoms with Gasteiger partial charge in [0, 0.05) is 25.4 Å². The normalized spacial score (nSPS) is 28.2. The predicted molar refractivity (Wildman–Crippen MR) is 99.0 cm³/mol. The third kappa shape index (κ3) is 5.51. The van der Waals surface area contributed by atoms with Crippen LogP contribution in [0.3, 0.4) is 0 Å². The van der Waals surface area contributed by atoms with E-state index in [-0.39, 0.29) is 42.6 Å². The molecule has 0 aromatic heterocycles. The fourth-order valence-electron chi connectivity index (χ4n) is 4.39. The Morgan fingerprint density at radius 3 is 2.52 bits per heavy atom. The van der Waals surface area contributed by atoms with Gasteiger partial charge in [-0.05, 0) is 19.3 Å².